The van der Waals surface area contributed by atoms with E-state index in [2.05, 4.69) is 35.2 Å². The van der Waals surface area contributed by atoms with Gasteiger partial charge in [-0.05, 0) is 60.9 Å². The smallest absolute Gasteiger partial charge is 0.227 e. The highest BCUT2D eigenvalue weighted by atomic mass is 32.2. The van der Waals surface area contributed by atoms with Gasteiger partial charge in [-0.2, -0.15) is 5.10 Å². The van der Waals surface area contributed by atoms with Crippen molar-refractivity contribution in [3.63, 3.8) is 0 Å². The zero-order valence-corrected chi connectivity index (χ0v) is 24.9. The van der Waals surface area contributed by atoms with Crippen LogP contribution in [0.25, 0.3) is 56.1 Å². The van der Waals surface area contributed by atoms with Crippen molar-refractivity contribution in [1.29, 1.82) is 0 Å². The SMILES string of the molecule is CS(=O)(=O)NCc1cc(F)cc(-c2nccc3[nH]c(-c4n[nH]c5ccc(-c6cncc(NC(=O)C7CCCC7)c6)nc45)nc23)c1. The van der Waals surface area contributed by atoms with Crippen LogP contribution in [0.1, 0.15) is 31.2 Å². The molecule has 0 aliphatic heterocycles. The van der Waals surface area contributed by atoms with Crippen molar-refractivity contribution in [1.82, 2.24) is 39.8 Å². The summed E-state index contributed by atoms with van der Waals surface area (Å²) >= 11 is 0. The molecular weight excluding hydrogens is 597 g/mol. The number of rotatable bonds is 8. The van der Waals surface area contributed by atoms with Crippen LogP contribution in [0.5, 0.6) is 0 Å². The number of aromatic amines is 2. The average Bonchev–Trinajstić information content (AvgIpc) is 3.79. The van der Waals surface area contributed by atoms with Gasteiger partial charge in [-0.25, -0.2) is 27.5 Å². The first kappa shape index (κ1) is 28.7. The quantitative estimate of drug-likeness (QED) is 0.184. The van der Waals surface area contributed by atoms with Crippen molar-refractivity contribution < 1.29 is 17.6 Å². The van der Waals surface area contributed by atoms with E-state index < -0.39 is 15.8 Å². The third kappa shape index (κ3) is 6.01. The molecule has 0 atom stereocenters. The molecule has 0 saturated heterocycles. The van der Waals surface area contributed by atoms with Gasteiger partial charge in [-0.15, -0.1) is 0 Å². The lowest BCUT2D eigenvalue weighted by molar-refractivity contribution is -0.119. The van der Waals surface area contributed by atoms with Crippen molar-refractivity contribution in [3.05, 3.63) is 72.4 Å². The van der Waals surface area contributed by atoms with Crippen LogP contribution in [-0.2, 0) is 21.4 Å². The Labute approximate surface area is 257 Å². The Hall–Kier alpha value is -5.08. The van der Waals surface area contributed by atoms with E-state index >= 15 is 0 Å². The third-order valence-electron chi connectivity index (χ3n) is 7.83. The molecule has 0 bridgehead atoms. The normalized spacial score (nSPS) is 14.0. The zero-order chi connectivity index (χ0) is 31.1. The molecule has 0 radical (unpaired) electrons. The van der Waals surface area contributed by atoms with Gasteiger partial charge < -0.3 is 10.3 Å². The molecule has 14 heteroatoms. The van der Waals surface area contributed by atoms with Crippen LogP contribution in [0.2, 0.25) is 0 Å². The fraction of sp³-hybridized carbons (Fsp3) is 0.226. The first-order valence-electron chi connectivity index (χ1n) is 14.4. The predicted molar refractivity (Wildman–Crippen MR) is 168 cm³/mol. The molecule has 1 amide bonds. The minimum Gasteiger partial charge on any atom is -0.336 e. The van der Waals surface area contributed by atoms with E-state index in [0.717, 1.165) is 37.5 Å². The third-order valence-corrected chi connectivity index (χ3v) is 8.50. The van der Waals surface area contributed by atoms with Gasteiger partial charge in [-0.1, -0.05) is 12.8 Å². The molecule has 228 valence electrons. The summed E-state index contributed by atoms with van der Waals surface area (Å²) < 4.78 is 40.1. The minimum absolute atomic E-state index is 0.0192. The van der Waals surface area contributed by atoms with E-state index in [1.165, 1.54) is 12.1 Å². The molecule has 0 unspecified atom stereocenters. The van der Waals surface area contributed by atoms with Crippen LogP contribution in [0.15, 0.2) is 61.1 Å². The number of halogens is 1. The maximum atomic E-state index is 14.6. The van der Waals surface area contributed by atoms with E-state index in [1.54, 1.807) is 30.7 Å². The molecule has 7 rings (SSSR count). The van der Waals surface area contributed by atoms with Gasteiger partial charge in [0.1, 0.15) is 16.9 Å². The molecule has 1 saturated carbocycles. The number of hydrogen-bond donors (Lipinski definition) is 4. The predicted octanol–water partition coefficient (Wildman–Crippen LogP) is 4.94. The Kier molecular flexibility index (Phi) is 7.30. The number of amides is 1. The summed E-state index contributed by atoms with van der Waals surface area (Å²) in [7, 11) is -3.46. The molecule has 5 heterocycles. The summed E-state index contributed by atoms with van der Waals surface area (Å²) in [6.07, 6.45) is 9.92. The Morgan fingerprint density at radius 1 is 0.978 bits per heavy atom. The second kappa shape index (κ2) is 11.4. The van der Waals surface area contributed by atoms with Gasteiger partial charge in [0, 0.05) is 36.0 Å². The van der Waals surface area contributed by atoms with E-state index in [-0.39, 0.29) is 18.4 Å². The van der Waals surface area contributed by atoms with Crippen LogP contribution < -0.4 is 10.0 Å². The molecule has 1 fully saturated rings. The van der Waals surface area contributed by atoms with Crippen LogP contribution in [0.3, 0.4) is 0 Å². The molecule has 1 aliphatic carbocycles. The van der Waals surface area contributed by atoms with Crippen LogP contribution >= 0.6 is 0 Å². The number of nitrogens with zero attached hydrogens (tertiary/aromatic N) is 5. The molecule has 5 aromatic heterocycles. The molecule has 45 heavy (non-hydrogen) atoms. The average molecular weight is 626 g/mol. The number of hydrogen-bond acceptors (Lipinski definition) is 8. The molecule has 6 aromatic rings. The number of carbonyl (C=O) groups excluding carboxylic acids is 1. The first-order valence-corrected chi connectivity index (χ1v) is 16.3. The van der Waals surface area contributed by atoms with Crippen LogP contribution in [-0.4, -0.2) is 55.7 Å². The number of carbonyl (C=O) groups is 1. The number of anilines is 1. The summed E-state index contributed by atoms with van der Waals surface area (Å²) in [5, 5.41) is 10.5. The Balaban J connectivity index is 1.22. The number of sulfonamides is 1. The van der Waals surface area contributed by atoms with Crippen molar-refractivity contribution in [2.24, 2.45) is 5.92 Å². The van der Waals surface area contributed by atoms with Crippen molar-refractivity contribution >= 4 is 43.7 Å². The number of H-pyrrole nitrogens is 2. The molecular formula is C31H28FN9O3S. The lowest BCUT2D eigenvalue weighted by Crippen LogP contribution is -2.21. The minimum atomic E-state index is -3.46. The summed E-state index contributed by atoms with van der Waals surface area (Å²) in [5.74, 6) is -0.0398. The molecule has 0 spiro atoms. The monoisotopic (exact) mass is 625 g/mol. The second-order valence-corrected chi connectivity index (χ2v) is 13.0. The maximum absolute atomic E-state index is 14.6. The second-order valence-electron chi connectivity index (χ2n) is 11.2. The number of benzene rings is 1. The topological polar surface area (TPSA) is 171 Å². The number of pyridine rings is 3. The molecule has 12 nitrogen and oxygen atoms in total. The number of imidazole rings is 1. The maximum Gasteiger partial charge on any atom is 0.227 e. The summed E-state index contributed by atoms with van der Waals surface area (Å²) in [6.45, 7) is -0.0655. The van der Waals surface area contributed by atoms with Gasteiger partial charge >= 0.3 is 0 Å². The highest BCUT2D eigenvalue weighted by Crippen LogP contribution is 2.32. The number of fused-ring (bicyclic) bond motifs is 2. The summed E-state index contributed by atoms with van der Waals surface area (Å²) in [4.78, 5) is 34.4. The Bertz CT molecular complexity index is 2190. The fourth-order valence-electron chi connectivity index (χ4n) is 5.67. The zero-order valence-electron chi connectivity index (χ0n) is 24.1. The standard InChI is InChI=1S/C31H28FN9O3S/c1-45(43,44)35-14-17-10-19(12-21(32)11-17)26-27-24(8-9-34-26)38-30(39-27)29-28-25(40-41-29)7-6-23(37-28)20-13-22(16-33-15-20)36-31(42)18-4-2-3-5-18/h6-13,15-16,18,35H,2-5,14H2,1H3,(H,36,42)(H,38,39)(H,40,41). The molecule has 1 aromatic carbocycles. The largest absolute Gasteiger partial charge is 0.336 e. The van der Waals surface area contributed by atoms with E-state index in [4.69, 9.17) is 9.97 Å². The van der Waals surface area contributed by atoms with Gasteiger partial charge in [0.2, 0.25) is 15.9 Å². The first-order chi connectivity index (χ1) is 21.7. The fourth-order valence-corrected chi connectivity index (χ4v) is 6.10. The number of aromatic nitrogens is 7. The number of nitrogens with one attached hydrogen (secondary N) is 4. The summed E-state index contributed by atoms with van der Waals surface area (Å²) in [6, 6.07) is 11.6. The van der Waals surface area contributed by atoms with E-state index in [9.17, 15) is 17.6 Å². The lowest BCUT2D eigenvalue weighted by atomic mass is 10.1. The van der Waals surface area contributed by atoms with Crippen molar-refractivity contribution in [2.75, 3.05) is 11.6 Å². The Morgan fingerprint density at radius 2 is 1.80 bits per heavy atom. The van der Waals surface area contributed by atoms with Gasteiger partial charge in [0.05, 0.1) is 40.6 Å². The highest BCUT2D eigenvalue weighted by molar-refractivity contribution is 7.88. The van der Waals surface area contributed by atoms with Crippen molar-refractivity contribution in [3.8, 4) is 34.0 Å². The summed E-state index contributed by atoms with van der Waals surface area (Å²) in [5.41, 5.74) is 6.18. The van der Waals surface area contributed by atoms with Gasteiger partial charge in [0.25, 0.3) is 0 Å². The lowest BCUT2D eigenvalue weighted by Gasteiger charge is -2.11. The molecule has 1 aliphatic rings. The molecule has 4 N–H and O–H groups in total. The van der Waals surface area contributed by atoms with Gasteiger partial charge in [-0.3, -0.25) is 19.9 Å². The van der Waals surface area contributed by atoms with Crippen molar-refractivity contribution in [2.45, 2.75) is 32.2 Å². The highest BCUT2D eigenvalue weighted by Gasteiger charge is 2.23. The van der Waals surface area contributed by atoms with Gasteiger partial charge in [0.15, 0.2) is 11.5 Å². The Morgan fingerprint density at radius 3 is 2.62 bits per heavy atom. The van der Waals surface area contributed by atoms with Crippen LogP contribution in [0.4, 0.5) is 10.1 Å². The van der Waals surface area contributed by atoms with Crippen LogP contribution in [0, 0.1) is 11.7 Å². The van der Waals surface area contributed by atoms with E-state index in [1.807, 2.05) is 18.2 Å². The van der Waals surface area contributed by atoms with E-state index in [0.29, 0.717) is 61.8 Å².